The van der Waals surface area contributed by atoms with Crippen LogP contribution in [0.4, 0.5) is 0 Å². The second kappa shape index (κ2) is 7.91. The van der Waals surface area contributed by atoms with Crippen molar-refractivity contribution >= 4 is 21.6 Å². The van der Waals surface area contributed by atoms with Crippen LogP contribution in [-0.4, -0.2) is 38.5 Å². The highest BCUT2D eigenvalue weighted by Crippen LogP contribution is 2.56. The molecule has 21 heavy (non-hydrogen) atoms. The lowest BCUT2D eigenvalue weighted by atomic mass is 10.2. The minimum absolute atomic E-state index is 0.238. The minimum atomic E-state index is -3.51. The quantitative estimate of drug-likeness (QED) is 0.375. The Bertz CT molecular complexity index is 374. The van der Waals surface area contributed by atoms with E-state index in [-0.39, 0.29) is 13.2 Å². The van der Waals surface area contributed by atoms with Gasteiger partial charge in [-0.1, -0.05) is 19.6 Å². The highest BCUT2D eigenvalue weighted by molar-refractivity contribution is 7.56. The van der Waals surface area contributed by atoms with Gasteiger partial charge >= 0.3 is 13.6 Å². The van der Waals surface area contributed by atoms with Crippen molar-refractivity contribution in [1.29, 1.82) is 0 Å². The van der Waals surface area contributed by atoms with Crippen LogP contribution in [-0.2, 0) is 23.1 Å². The first kappa shape index (κ1) is 20.8. The summed E-state index contributed by atoms with van der Waals surface area (Å²) in [6, 6.07) is 0.513. The fourth-order valence-corrected chi connectivity index (χ4v) is 7.18. The number of esters is 1. The Kier molecular flexibility index (Phi) is 7.85. The van der Waals surface area contributed by atoms with Crippen LogP contribution in [0.25, 0.3) is 0 Å². The highest BCUT2D eigenvalue weighted by atomic mass is 31.2. The Morgan fingerprint density at radius 1 is 1.10 bits per heavy atom. The van der Waals surface area contributed by atoms with Crippen molar-refractivity contribution < 1.29 is 23.1 Å². The van der Waals surface area contributed by atoms with Gasteiger partial charge in [-0.2, -0.15) is 0 Å². The van der Waals surface area contributed by atoms with E-state index in [1.54, 1.807) is 34.6 Å². The number of hydrogen-bond donors (Lipinski definition) is 0. The van der Waals surface area contributed by atoms with E-state index in [0.29, 0.717) is 6.04 Å². The van der Waals surface area contributed by atoms with Crippen LogP contribution in [0.15, 0.2) is 0 Å². The van der Waals surface area contributed by atoms with Gasteiger partial charge in [0.05, 0.1) is 13.2 Å². The molecular weight excluding hydrogens is 307 g/mol. The monoisotopic (exact) mass is 338 g/mol. The second-order valence-electron chi connectivity index (χ2n) is 7.19. The van der Waals surface area contributed by atoms with E-state index in [1.807, 2.05) is 0 Å². The van der Waals surface area contributed by atoms with E-state index in [0.717, 1.165) is 0 Å². The average Bonchev–Trinajstić information content (AvgIpc) is 2.22. The van der Waals surface area contributed by atoms with E-state index in [2.05, 4.69) is 19.6 Å². The summed E-state index contributed by atoms with van der Waals surface area (Å²) in [6.45, 7) is 15.7. The van der Waals surface area contributed by atoms with Gasteiger partial charge in [-0.15, -0.1) is 0 Å². The van der Waals surface area contributed by atoms with Crippen LogP contribution < -0.4 is 0 Å². The van der Waals surface area contributed by atoms with Gasteiger partial charge in [0.15, 0.2) is 5.66 Å². The van der Waals surface area contributed by atoms with Crippen LogP contribution in [0.3, 0.4) is 0 Å². The van der Waals surface area contributed by atoms with E-state index in [4.69, 9.17) is 13.8 Å². The molecule has 1 unspecified atom stereocenters. The largest absolute Gasteiger partial charge is 0.459 e. The number of carbonyl (C=O) groups excluding carboxylic acids is 1. The molecule has 5 nitrogen and oxygen atoms in total. The Morgan fingerprint density at radius 2 is 1.52 bits per heavy atom. The molecule has 0 bridgehead atoms. The number of ether oxygens (including phenoxy) is 1. The molecule has 0 aromatic heterocycles. The van der Waals surface area contributed by atoms with Crippen molar-refractivity contribution in [3.8, 4) is 0 Å². The van der Waals surface area contributed by atoms with Crippen LogP contribution in [0, 0.1) is 0 Å². The third-order valence-electron chi connectivity index (χ3n) is 2.48. The lowest BCUT2D eigenvalue weighted by Gasteiger charge is -2.31. The summed E-state index contributed by atoms with van der Waals surface area (Å²) in [7, 11) is -5.17. The van der Waals surface area contributed by atoms with Crippen molar-refractivity contribution in [2.24, 2.45) is 0 Å². The average molecular weight is 338 g/mol. The third kappa shape index (κ3) is 8.14. The Morgan fingerprint density at radius 3 is 1.81 bits per heavy atom. The zero-order valence-electron chi connectivity index (χ0n) is 14.7. The summed E-state index contributed by atoms with van der Waals surface area (Å²) in [6.07, 6.45) is 0. The smallest absolute Gasteiger partial charge is 0.344 e. The van der Waals surface area contributed by atoms with Crippen molar-refractivity contribution in [3.63, 3.8) is 0 Å². The van der Waals surface area contributed by atoms with Crippen LogP contribution in [0.2, 0.25) is 25.7 Å². The van der Waals surface area contributed by atoms with E-state index < -0.39 is 32.9 Å². The van der Waals surface area contributed by atoms with Gasteiger partial charge in [-0.05, 0) is 40.7 Å². The molecule has 0 spiro atoms. The van der Waals surface area contributed by atoms with Gasteiger partial charge in [-0.3, -0.25) is 9.36 Å². The number of hydrogen-bond acceptors (Lipinski definition) is 5. The summed E-state index contributed by atoms with van der Waals surface area (Å²) in [5.74, 6) is -0.491. The molecule has 0 aromatic rings. The Hall–Kier alpha value is -0.163. The molecular formula is C14H31O5PSi. The molecule has 1 atom stereocenters. The first-order chi connectivity index (χ1) is 9.34. The number of carbonyl (C=O) groups is 1. The van der Waals surface area contributed by atoms with Gasteiger partial charge < -0.3 is 13.8 Å². The predicted octanol–water partition coefficient (Wildman–Crippen LogP) is 4.30. The molecule has 0 rings (SSSR count). The maximum atomic E-state index is 13.0. The molecule has 0 saturated carbocycles. The predicted molar refractivity (Wildman–Crippen MR) is 88.6 cm³/mol. The zero-order chi connectivity index (χ0) is 16.9. The highest BCUT2D eigenvalue weighted by Gasteiger charge is 2.45. The second-order valence-corrected chi connectivity index (χ2v) is 14.9. The van der Waals surface area contributed by atoms with Crippen LogP contribution in [0.5, 0.6) is 0 Å². The van der Waals surface area contributed by atoms with E-state index in [1.165, 1.54) is 0 Å². The topological polar surface area (TPSA) is 61.8 Å². The number of rotatable bonds is 8. The Labute approximate surface area is 130 Å². The first-order valence-electron chi connectivity index (χ1n) is 7.46. The standard InChI is InChI=1S/C14H31O5PSi/c1-9-17-20(16,18-10-2)12(11-21(6,7)8)13(15)19-14(3,4)5/h12H,9-11H2,1-8H3. The lowest BCUT2D eigenvalue weighted by Crippen LogP contribution is -2.37. The van der Waals surface area contributed by atoms with Gasteiger partial charge in [0.1, 0.15) is 5.60 Å². The normalized spacial score (nSPS) is 14.9. The van der Waals surface area contributed by atoms with Crippen LogP contribution in [0.1, 0.15) is 34.6 Å². The first-order valence-corrected chi connectivity index (χ1v) is 12.8. The molecule has 0 aliphatic rings. The summed E-state index contributed by atoms with van der Waals surface area (Å²) in [4.78, 5) is 12.5. The van der Waals surface area contributed by atoms with Crippen molar-refractivity contribution in [2.75, 3.05) is 13.2 Å². The third-order valence-corrected chi connectivity index (χ3v) is 6.85. The zero-order valence-corrected chi connectivity index (χ0v) is 16.6. The molecule has 0 aromatic carbocycles. The molecule has 0 amide bonds. The van der Waals surface area contributed by atoms with Gasteiger partial charge in [0, 0.05) is 8.07 Å². The summed E-state index contributed by atoms with van der Waals surface area (Å²) < 4.78 is 29.2. The molecule has 0 radical (unpaired) electrons. The molecule has 0 aliphatic heterocycles. The fraction of sp³-hybridized carbons (Fsp3) is 0.929. The minimum Gasteiger partial charge on any atom is -0.459 e. The molecule has 0 saturated heterocycles. The van der Waals surface area contributed by atoms with Gasteiger partial charge in [-0.25, -0.2) is 0 Å². The van der Waals surface area contributed by atoms with Crippen LogP contribution >= 0.6 is 7.60 Å². The van der Waals surface area contributed by atoms with Gasteiger partial charge in [0.2, 0.25) is 0 Å². The SMILES string of the molecule is CCOP(=O)(OCC)C(C[Si](C)(C)C)C(=O)OC(C)(C)C. The summed E-state index contributed by atoms with van der Waals surface area (Å²) in [5.41, 5.74) is -1.47. The maximum absolute atomic E-state index is 13.0. The maximum Gasteiger partial charge on any atom is 0.344 e. The fourth-order valence-electron chi connectivity index (χ4n) is 1.85. The summed E-state index contributed by atoms with van der Waals surface area (Å²) in [5, 5.41) is 0. The van der Waals surface area contributed by atoms with Crippen molar-refractivity contribution in [3.05, 3.63) is 0 Å². The van der Waals surface area contributed by atoms with Gasteiger partial charge in [0.25, 0.3) is 0 Å². The summed E-state index contributed by atoms with van der Waals surface area (Å²) >= 11 is 0. The molecule has 0 heterocycles. The molecule has 0 fully saturated rings. The van der Waals surface area contributed by atoms with E-state index in [9.17, 15) is 9.36 Å². The van der Waals surface area contributed by atoms with E-state index >= 15 is 0 Å². The van der Waals surface area contributed by atoms with Crippen molar-refractivity contribution in [2.45, 2.75) is 71.6 Å². The molecule has 126 valence electrons. The van der Waals surface area contributed by atoms with Crippen molar-refractivity contribution in [1.82, 2.24) is 0 Å². The lowest BCUT2D eigenvalue weighted by molar-refractivity contribution is -0.154. The Balaban J connectivity index is 5.47. The molecule has 0 N–H and O–H groups in total. The molecule has 0 aliphatic carbocycles. The molecule has 7 heteroatoms.